The van der Waals surface area contributed by atoms with Gasteiger partial charge in [0.15, 0.2) is 6.29 Å². The van der Waals surface area contributed by atoms with Crippen LogP contribution in [0.5, 0.6) is 0 Å². The van der Waals surface area contributed by atoms with Crippen molar-refractivity contribution < 1.29 is 39.8 Å². The number of hydrogen-bond donors (Lipinski definition) is 6. The number of carbonyl (C=O) groups is 1. The Hall–Kier alpha value is -1.33. The van der Waals surface area contributed by atoms with Gasteiger partial charge in [0.2, 0.25) is 5.91 Å². The summed E-state index contributed by atoms with van der Waals surface area (Å²) in [6.45, 7) is 3.73. The van der Waals surface area contributed by atoms with Crippen LogP contribution in [-0.4, -0.2) is 87.5 Å². The number of carbonyl (C=O) groups excluding carboxylic acids is 1. The van der Waals surface area contributed by atoms with Gasteiger partial charge in [0.1, 0.15) is 24.4 Å². The number of aliphatic hydroxyl groups excluding tert-OH is 5. The summed E-state index contributed by atoms with van der Waals surface area (Å²) in [6, 6.07) is -0.802. The molecule has 312 valence electrons. The van der Waals surface area contributed by atoms with Crippen molar-refractivity contribution in [2.75, 3.05) is 13.2 Å². The van der Waals surface area contributed by atoms with Gasteiger partial charge >= 0.3 is 0 Å². The van der Waals surface area contributed by atoms with E-state index in [0.29, 0.717) is 6.42 Å². The Bertz CT molecular complexity index is 883. The predicted octanol–water partition coefficient (Wildman–Crippen LogP) is 8.72. The monoisotopic (exact) mass is 754 g/mol. The van der Waals surface area contributed by atoms with Gasteiger partial charge in [-0.3, -0.25) is 4.79 Å². The lowest BCUT2D eigenvalue weighted by Gasteiger charge is -2.40. The molecule has 0 aromatic heterocycles. The van der Waals surface area contributed by atoms with E-state index in [9.17, 15) is 30.3 Å². The summed E-state index contributed by atoms with van der Waals surface area (Å²) >= 11 is 0. The van der Waals surface area contributed by atoms with Gasteiger partial charge in [-0.05, 0) is 44.9 Å². The number of unbranched alkanes of at least 4 members (excludes halogenated alkanes) is 24. The van der Waals surface area contributed by atoms with Gasteiger partial charge in [-0.2, -0.15) is 0 Å². The highest BCUT2D eigenvalue weighted by Crippen LogP contribution is 2.22. The number of amides is 1. The van der Waals surface area contributed by atoms with Crippen molar-refractivity contribution in [3.8, 4) is 0 Å². The molecule has 1 amide bonds. The Kier molecular flexibility index (Phi) is 32.9. The van der Waals surface area contributed by atoms with Crippen LogP contribution in [0.2, 0.25) is 0 Å². The molecule has 0 aromatic rings. The molecule has 0 aromatic carbocycles. The largest absolute Gasteiger partial charge is 0.394 e. The first-order valence-corrected chi connectivity index (χ1v) is 22.1. The molecular weight excluding hydrogens is 670 g/mol. The molecule has 9 nitrogen and oxygen atoms in total. The molecule has 9 heteroatoms. The molecule has 0 spiro atoms. The smallest absolute Gasteiger partial charge is 0.220 e. The Morgan fingerprint density at radius 1 is 0.623 bits per heavy atom. The number of nitrogens with one attached hydrogen (secondary N) is 1. The molecule has 0 saturated carbocycles. The van der Waals surface area contributed by atoms with Crippen LogP contribution in [0, 0.1) is 0 Å². The SMILES string of the molecule is CCCCCCCCC/C=C/C(O)C(COC1OC(CO)C(O)C(O)C1O)NC(=O)CCCCCCCCC/C=C\CCCCCCCCCCCC. The molecule has 0 radical (unpaired) electrons. The van der Waals surface area contributed by atoms with E-state index in [0.717, 1.165) is 38.5 Å². The fourth-order valence-electron chi connectivity index (χ4n) is 6.91. The molecule has 0 aliphatic carbocycles. The summed E-state index contributed by atoms with van der Waals surface area (Å²) < 4.78 is 11.2. The van der Waals surface area contributed by atoms with Crippen molar-refractivity contribution >= 4 is 5.91 Å². The standard InChI is InChI=1S/C44H83NO8/c1-3-5-7-9-11-13-14-15-16-17-18-19-20-21-22-23-24-26-28-30-32-34-40(48)45-37(38(47)33-31-29-27-25-12-10-8-6-4-2)36-52-44-43(51)42(50)41(49)39(35-46)53-44/h19-20,31,33,37-39,41-44,46-47,49-51H,3-18,21-30,32,34-36H2,1-2H3,(H,45,48)/b20-19-,33-31+. The van der Waals surface area contributed by atoms with Gasteiger partial charge in [0.25, 0.3) is 0 Å². The van der Waals surface area contributed by atoms with E-state index in [1.807, 2.05) is 6.08 Å². The lowest BCUT2D eigenvalue weighted by atomic mass is 9.99. The highest BCUT2D eigenvalue weighted by Gasteiger charge is 2.44. The molecular formula is C44H83NO8. The molecule has 1 fully saturated rings. The number of ether oxygens (including phenoxy) is 2. The third-order valence-electron chi connectivity index (χ3n) is 10.5. The van der Waals surface area contributed by atoms with Crippen LogP contribution in [0.15, 0.2) is 24.3 Å². The fourth-order valence-corrected chi connectivity index (χ4v) is 6.91. The second-order valence-corrected chi connectivity index (χ2v) is 15.5. The minimum Gasteiger partial charge on any atom is -0.394 e. The molecule has 0 bridgehead atoms. The Balaban J connectivity index is 2.29. The van der Waals surface area contributed by atoms with E-state index < -0.39 is 49.5 Å². The van der Waals surface area contributed by atoms with E-state index in [-0.39, 0.29) is 12.5 Å². The van der Waals surface area contributed by atoms with Crippen molar-refractivity contribution in [3.05, 3.63) is 24.3 Å². The van der Waals surface area contributed by atoms with Crippen molar-refractivity contribution in [2.24, 2.45) is 0 Å². The zero-order valence-electron chi connectivity index (χ0n) is 34.0. The zero-order valence-corrected chi connectivity index (χ0v) is 34.0. The van der Waals surface area contributed by atoms with Crippen LogP contribution < -0.4 is 5.32 Å². The quantitative estimate of drug-likeness (QED) is 0.0275. The maximum atomic E-state index is 12.9. The summed E-state index contributed by atoms with van der Waals surface area (Å²) in [4.78, 5) is 12.9. The maximum absolute atomic E-state index is 12.9. The van der Waals surface area contributed by atoms with Crippen molar-refractivity contribution in [1.82, 2.24) is 5.32 Å². The first-order valence-electron chi connectivity index (χ1n) is 22.1. The topological polar surface area (TPSA) is 149 Å². The molecule has 1 aliphatic heterocycles. The van der Waals surface area contributed by atoms with Crippen molar-refractivity contribution in [3.63, 3.8) is 0 Å². The normalized spacial score (nSPS) is 21.8. The second kappa shape index (κ2) is 35.1. The maximum Gasteiger partial charge on any atom is 0.220 e. The average Bonchev–Trinajstić information content (AvgIpc) is 3.16. The van der Waals surface area contributed by atoms with E-state index in [4.69, 9.17) is 9.47 Å². The zero-order chi connectivity index (χ0) is 38.8. The molecule has 6 N–H and O–H groups in total. The molecule has 1 rings (SSSR count). The molecule has 7 atom stereocenters. The van der Waals surface area contributed by atoms with Crippen molar-refractivity contribution in [2.45, 2.75) is 236 Å². The van der Waals surface area contributed by atoms with Gasteiger partial charge in [0, 0.05) is 6.42 Å². The minimum atomic E-state index is -1.56. The summed E-state index contributed by atoms with van der Waals surface area (Å²) in [6.07, 6.45) is 33.8. The van der Waals surface area contributed by atoms with E-state index in [1.165, 1.54) is 135 Å². The van der Waals surface area contributed by atoms with Gasteiger partial charge in [0.05, 0.1) is 25.4 Å². The minimum absolute atomic E-state index is 0.184. The van der Waals surface area contributed by atoms with Gasteiger partial charge < -0.3 is 40.3 Å². The Labute approximate surface area is 324 Å². The molecule has 1 saturated heterocycles. The second-order valence-electron chi connectivity index (χ2n) is 15.5. The van der Waals surface area contributed by atoms with E-state index in [1.54, 1.807) is 6.08 Å². The highest BCUT2D eigenvalue weighted by atomic mass is 16.7. The predicted molar refractivity (Wildman–Crippen MR) is 217 cm³/mol. The van der Waals surface area contributed by atoms with Crippen LogP contribution >= 0.6 is 0 Å². The van der Waals surface area contributed by atoms with Gasteiger partial charge in [-0.25, -0.2) is 0 Å². The molecule has 7 unspecified atom stereocenters. The third-order valence-corrected chi connectivity index (χ3v) is 10.5. The first-order chi connectivity index (χ1) is 25.8. The van der Waals surface area contributed by atoms with Crippen LogP contribution in [0.4, 0.5) is 0 Å². The number of allylic oxidation sites excluding steroid dienone is 3. The van der Waals surface area contributed by atoms with Crippen LogP contribution in [0.3, 0.4) is 0 Å². The summed E-state index contributed by atoms with van der Waals surface area (Å²) in [5, 5.41) is 53.9. The third kappa shape index (κ3) is 26.2. The van der Waals surface area contributed by atoms with Crippen LogP contribution in [0.25, 0.3) is 0 Å². The lowest BCUT2D eigenvalue weighted by Crippen LogP contribution is -2.60. The lowest BCUT2D eigenvalue weighted by molar-refractivity contribution is -0.302. The number of hydrogen-bond acceptors (Lipinski definition) is 8. The Morgan fingerprint density at radius 2 is 1.06 bits per heavy atom. The van der Waals surface area contributed by atoms with Crippen LogP contribution in [0.1, 0.15) is 194 Å². The summed E-state index contributed by atoms with van der Waals surface area (Å²) in [7, 11) is 0. The van der Waals surface area contributed by atoms with E-state index in [2.05, 4.69) is 31.3 Å². The summed E-state index contributed by atoms with van der Waals surface area (Å²) in [5.74, 6) is -0.184. The number of aliphatic hydroxyl groups is 5. The van der Waals surface area contributed by atoms with Crippen molar-refractivity contribution in [1.29, 1.82) is 0 Å². The molecule has 1 aliphatic rings. The Morgan fingerprint density at radius 3 is 1.53 bits per heavy atom. The fraction of sp³-hybridized carbons (Fsp3) is 0.886. The van der Waals surface area contributed by atoms with E-state index >= 15 is 0 Å². The summed E-state index contributed by atoms with van der Waals surface area (Å²) in [5.41, 5.74) is 0. The molecule has 1 heterocycles. The molecule has 53 heavy (non-hydrogen) atoms. The first kappa shape index (κ1) is 49.7. The van der Waals surface area contributed by atoms with Gasteiger partial charge in [-0.1, -0.05) is 167 Å². The highest BCUT2D eigenvalue weighted by molar-refractivity contribution is 5.76. The van der Waals surface area contributed by atoms with Crippen LogP contribution in [-0.2, 0) is 14.3 Å². The average molecular weight is 754 g/mol. The van der Waals surface area contributed by atoms with Gasteiger partial charge in [-0.15, -0.1) is 0 Å². The number of rotatable bonds is 36.